The summed E-state index contributed by atoms with van der Waals surface area (Å²) >= 11 is 0. The average Bonchev–Trinajstić information content (AvgIpc) is 3.07. The van der Waals surface area contributed by atoms with Crippen molar-refractivity contribution in [1.29, 1.82) is 0 Å². The van der Waals surface area contributed by atoms with Crippen molar-refractivity contribution in [2.24, 2.45) is 0 Å². The van der Waals surface area contributed by atoms with Crippen LogP contribution in [0.15, 0.2) is 30.3 Å². The fourth-order valence-corrected chi connectivity index (χ4v) is 3.68. The predicted molar refractivity (Wildman–Crippen MR) is 101 cm³/mol. The van der Waals surface area contributed by atoms with Gasteiger partial charge in [0.05, 0.1) is 17.9 Å². The van der Waals surface area contributed by atoms with E-state index in [0.717, 1.165) is 60.0 Å². The normalized spacial score (nSPS) is 19.7. The summed E-state index contributed by atoms with van der Waals surface area (Å²) in [7, 11) is 0. The SMILES string of the molecule is Cc1cc(C)c(/C=C2\C(=O)N(CN3CCNCC3)c3ccccc32)[nH]1. The average molecular weight is 336 g/mol. The van der Waals surface area contributed by atoms with Gasteiger partial charge in [-0.2, -0.15) is 0 Å². The Morgan fingerprint density at radius 2 is 1.92 bits per heavy atom. The van der Waals surface area contributed by atoms with Crippen LogP contribution in [0.25, 0.3) is 11.6 Å². The summed E-state index contributed by atoms with van der Waals surface area (Å²) in [6.07, 6.45) is 2.00. The molecule has 1 saturated heterocycles. The Hall–Kier alpha value is -2.37. The zero-order chi connectivity index (χ0) is 17.4. The van der Waals surface area contributed by atoms with Gasteiger partial charge in [-0.1, -0.05) is 18.2 Å². The maximum Gasteiger partial charge on any atom is 0.260 e. The van der Waals surface area contributed by atoms with E-state index < -0.39 is 0 Å². The number of carbonyl (C=O) groups is 1. The molecule has 0 bridgehead atoms. The molecule has 1 aromatic carbocycles. The van der Waals surface area contributed by atoms with E-state index in [1.165, 1.54) is 0 Å². The molecule has 130 valence electrons. The molecule has 3 heterocycles. The van der Waals surface area contributed by atoms with E-state index in [9.17, 15) is 4.79 Å². The molecule has 2 N–H and O–H groups in total. The number of nitrogens with one attached hydrogen (secondary N) is 2. The molecule has 0 radical (unpaired) electrons. The van der Waals surface area contributed by atoms with Gasteiger partial charge in [0.2, 0.25) is 0 Å². The minimum Gasteiger partial charge on any atom is -0.359 e. The van der Waals surface area contributed by atoms with Crippen molar-refractivity contribution in [3.8, 4) is 0 Å². The van der Waals surface area contributed by atoms with Crippen LogP contribution in [-0.4, -0.2) is 48.6 Å². The highest BCUT2D eigenvalue weighted by atomic mass is 16.2. The number of fused-ring (bicyclic) bond motifs is 1. The number of carbonyl (C=O) groups excluding carboxylic acids is 1. The molecule has 25 heavy (non-hydrogen) atoms. The fourth-order valence-electron chi connectivity index (χ4n) is 3.68. The summed E-state index contributed by atoms with van der Waals surface area (Å²) in [5.74, 6) is 0.0892. The molecule has 5 nitrogen and oxygen atoms in total. The standard InChI is InChI=1S/C20H24N4O/c1-14-11-15(2)22-18(14)12-17-16-5-3-4-6-19(16)24(20(17)25)13-23-9-7-21-8-10-23/h3-6,11-12,21-22H,7-10,13H2,1-2H3/b17-12-. The molecule has 1 amide bonds. The van der Waals surface area contributed by atoms with Crippen molar-refractivity contribution >= 4 is 23.2 Å². The molecule has 1 fully saturated rings. The second-order valence-corrected chi connectivity index (χ2v) is 6.87. The van der Waals surface area contributed by atoms with Gasteiger partial charge in [0.25, 0.3) is 5.91 Å². The van der Waals surface area contributed by atoms with Gasteiger partial charge < -0.3 is 10.3 Å². The van der Waals surface area contributed by atoms with Gasteiger partial charge >= 0.3 is 0 Å². The molecule has 0 unspecified atom stereocenters. The number of amides is 1. The molecule has 2 aliphatic heterocycles. The van der Waals surface area contributed by atoms with Crippen LogP contribution in [0.2, 0.25) is 0 Å². The quantitative estimate of drug-likeness (QED) is 0.846. The Kier molecular flexibility index (Phi) is 4.19. The highest BCUT2D eigenvalue weighted by molar-refractivity contribution is 6.35. The van der Waals surface area contributed by atoms with Gasteiger partial charge in [-0.05, 0) is 37.6 Å². The Labute approximate surface area is 148 Å². The maximum atomic E-state index is 13.2. The number of hydrogen-bond acceptors (Lipinski definition) is 3. The summed E-state index contributed by atoms with van der Waals surface area (Å²) in [6.45, 7) is 8.66. The largest absolute Gasteiger partial charge is 0.359 e. The number of H-pyrrole nitrogens is 1. The number of para-hydroxylation sites is 1. The third-order valence-corrected chi connectivity index (χ3v) is 4.99. The van der Waals surface area contributed by atoms with Crippen molar-refractivity contribution in [1.82, 2.24) is 15.2 Å². The van der Waals surface area contributed by atoms with Gasteiger partial charge in [-0.15, -0.1) is 0 Å². The maximum absolute atomic E-state index is 13.2. The zero-order valence-corrected chi connectivity index (χ0v) is 14.8. The van der Waals surface area contributed by atoms with Crippen molar-refractivity contribution in [3.05, 3.63) is 52.8 Å². The van der Waals surface area contributed by atoms with E-state index in [0.29, 0.717) is 6.67 Å². The first-order chi connectivity index (χ1) is 12.1. The van der Waals surface area contributed by atoms with Crippen LogP contribution in [0, 0.1) is 13.8 Å². The predicted octanol–water partition coefficient (Wildman–Crippen LogP) is 2.38. The first-order valence-corrected chi connectivity index (χ1v) is 8.86. The lowest BCUT2D eigenvalue weighted by molar-refractivity contribution is -0.113. The van der Waals surface area contributed by atoms with Crippen molar-refractivity contribution in [3.63, 3.8) is 0 Å². The molecule has 1 aromatic heterocycles. The topological polar surface area (TPSA) is 51.4 Å². The number of benzene rings is 1. The summed E-state index contributed by atoms with van der Waals surface area (Å²) < 4.78 is 0. The molecule has 0 spiro atoms. The third-order valence-electron chi connectivity index (χ3n) is 4.99. The Morgan fingerprint density at radius 3 is 2.64 bits per heavy atom. The van der Waals surface area contributed by atoms with Crippen LogP contribution in [0.3, 0.4) is 0 Å². The molecule has 0 saturated carbocycles. The fraction of sp³-hybridized carbons (Fsp3) is 0.350. The van der Waals surface area contributed by atoms with E-state index >= 15 is 0 Å². The molecule has 2 aromatic rings. The second kappa shape index (κ2) is 6.50. The smallest absolute Gasteiger partial charge is 0.260 e. The zero-order valence-electron chi connectivity index (χ0n) is 14.8. The molecule has 4 rings (SSSR count). The summed E-state index contributed by atoms with van der Waals surface area (Å²) in [6, 6.07) is 10.2. The number of aryl methyl sites for hydroxylation is 2. The number of aromatic nitrogens is 1. The van der Waals surface area contributed by atoms with E-state index in [1.54, 1.807) is 0 Å². The number of nitrogens with zero attached hydrogens (tertiary/aromatic N) is 2. The third kappa shape index (κ3) is 3.01. The summed E-state index contributed by atoms with van der Waals surface area (Å²) in [5.41, 5.74) is 6.10. The Morgan fingerprint density at radius 1 is 1.16 bits per heavy atom. The highest BCUT2D eigenvalue weighted by Crippen LogP contribution is 2.37. The minimum absolute atomic E-state index is 0.0892. The van der Waals surface area contributed by atoms with Crippen LogP contribution in [0.4, 0.5) is 5.69 Å². The number of aromatic amines is 1. The van der Waals surface area contributed by atoms with Crippen molar-refractivity contribution in [2.45, 2.75) is 13.8 Å². The molecular weight excluding hydrogens is 312 g/mol. The highest BCUT2D eigenvalue weighted by Gasteiger charge is 2.33. The molecular formula is C20H24N4O. The van der Waals surface area contributed by atoms with E-state index in [-0.39, 0.29) is 5.91 Å². The van der Waals surface area contributed by atoms with Gasteiger partial charge in [-0.3, -0.25) is 14.6 Å². The van der Waals surface area contributed by atoms with Crippen molar-refractivity contribution < 1.29 is 4.79 Å². The van der Waals surface area contributed by atoms with E-state index in [1.807, 2.05) is 42.2 Å². The monoisotopic (exact) mass is 336 g/mol. The Bertz CT molecular complexity index is 830. The lowest BCUT2D eigenvalue weighted by Crippen LogP contribution is -2.49. The van der Waals surface area contributed by atoms with Crippen molar-refractivity contribution in [2.75, 3.05) is 37.7 Å². The first-order valence-electron chi connectivity index (χ1n) is 8.86. The van der Waals surface area contributed by atoms with Gasteiger partial charge in [0.1, 0.15) is 0 Å². The lowest BCUT2D eigenvalue weighted by Gasteiger charge is -2.31. The number of piperazine rings is 1. The van der Waals surface area contributed by atoms with Gasteiger partial charge in [0.15, 0.2) is 0 Å². The van der Waals surface area contributed by atoms with E-state index in [2.05, 4.69) is 28.2 Å². The molecule has 5 heteroatoms. The molecule has 0 aliphatic carbocycles. The molecule has 0 atom stereocenters. The summed E-state index contributed by atoms with van der Waals surface area (Å²) in [4.78, 5) is 20.8. The number of hydrogen-bond donors (Lipinski definition) is 2. The van der Waals surface area contributed by atoms with Crippen LogP contribution >= 0.6 is 0 Å². The summed E-state index contributed by atoms with van der Waals surface area (Å²) in [5, 5.41) is 3.36. The van der Waals surface area contributed by atoms with Crippen LogP contribution in [0.5, 0.6) is 0 Å². The lowest BCUT2D eigenvalue weighted by atomic mass is 10.1. The van der Waals surface area contributed by atoms with Gasteiger partial charge in [-0.25, -0.2) is 0 Å². The first kappa shape index (κ1) is 16.1. The van der Waals surface area contributed by atoms with Crippen LogP contribution in [0.1, 0.15) is 22.5 Å². The van der Waals surface area contributed by atoms with E-state index in [4.69, 9.17) is 0 Å². The molecule has 2 aliphatic rings. The van der Waals surface area contributed by atoms with Gasteiger partial charge in [0, 0.05) is 43.1 Å². The van der Waals surface area contributed by atoms with Crippen LogP contribution in [-0.2, 0) is 4.79 Å². The minimum atomic E-state index is 0.0892. The van der Waals surface area contributed by atoms with Crippen LogP contribution < -0.4 is 10.2 Å². The number of rotatable bonds is 3. The number of anilines is 1. The Balaban J connectivity index is 1.69. The second-order valence-electron chi connectivity index (χ2n) is 6.87.